The first-order valence-electron chi connectivity index (χ1n) is 4.51. The molecular weight excluding hydrogens is 186 g/mol. The van der Waals surface area contributed by atoms with Crippen LogP contribution >= 0.6 is 0 Å². The maximum atomic E-state index is 11.4. The molecular formula is C9H15NO4. The Morgan fingerprint density at radius 1 is 1.57 bits per heavy atom. The molecule has 0 aliphatic carbocycles. The van der Waals surface area contributed by atoms with Crippen molar-refractivity contribution in [3.05, 3.63) is 0 Å². The molecule has 0 saturated carbocycles. The minimum absolute atomic E-state index is 0.255. The van der Waals surface area contributed by atoms with Crippen molar-refractivity contribution in [2.24, 2.45) is 0 Å². The number of ether oxygens (including phenoxy) is 2. The van der Waals surface area contributed by atoms with Gasteiger partial charge in [0, 0.05) is 0 Å². The predicted molar refractivity (Wildman–Crippen MR) is 48.9 cm³/mol. The summed E-state index contributed by atoms with van der Waals surface area (Å²) in [6, 6.07) is 0. The number of carbonyl (C=O) groups excluding carboxylic acids is 2. The van der Waals surface area contributed by atoms with Crippen LogP contribution in [0.1, 0.15) is 27.7 Å². The number of imide groups is 1. The molecule has 1 rings (SSSR count). The van der Waals surface area contributed by atoms with Crippen LogP contribution in [0.4, 0.5) is 9.59 Å². The zero-order valence-electron chi connectivity index (χ0n) is 8.86. The van der Waals surface area contributed by atoms with Crippen molar-refractivity contribution in [2.45, 2.75) is 39.4 Å². The summed E-state index contributed by atoms with van der Waals surface area (Å²) in [6.07, 6.45) is -1.53. The SMILES string of the molecule is CC1CN(C(=O)OC(C)(C)C)C(=O)O1. The molecule has 2 amide bonds. The molecule has 1 atom stereocenters. The maximum absolute atomic E-state index is 11.4. The van der Waals surface area contributed by atoms with Crippen LogP contribution in [-0.2, 0) is 9.47 Å². The van der Waals surface area contributed by atoms with Crippen LogP contribution in [0, 0.1) is 0 Å². The third-order valence-electron chi connectivity index (χ3n) is 1.58. The summed E-state index contributed by atoms with van der Waals surface area (Å²) in [5.74, 6) is 0. The molecule has 0 aromatic rings. The Kier molecular flexibility index (Phi) is 2.69. The average molecular weight is 201 g/mol. The van der Waals surface area contributed by atoms with Gasteiger partial charge in [-0.3, -0.25) is 0 Å². The molecule has 1 aliphatic heterocycles. The predicted octanol–water partition coefficient (Wildman–Crippen LogP) is 1.76. The minimum Gasteiger partial charge on any atom is -0.444 e. The standard InChI is InChI=1S/C9H15NO4/c1-6-5-10(7(11)13-6)8(12)14-9(2,3)4/h6H,5H2,1-4H3. The molecule has 1 aliphatic rings. The van der Waals surface area contributed by atoms with Crippen molar-refractivity contribution in [3.63, 3.8) is 0 Å². The van der Waals surface area contributed by atoms with E-state index in [2.05, 4.69) is 0 Å². The summed E-state index contributed by atoms with van der Waals surface area (Å²) in [6.45, 7) is 7.22. The fourth-order valence-corrected chi connectivity index (χ4v) is 1.07. The maximum Gasteiger partial charge on any atom is 0.419 e. The summed E-state index contributed by atoms with van der Waals surface area (Å²) < 4.78 is 9.82. The third kappa shape index (κ3) is 2.61. The summed E-state index contributed by atoms with van der Waals surface area (Å²) in [5.41, 5.74) is -0.594. The van der Waals surface area contributed by atoms with Gasteiger partial charge in [-0.25, -0.2) is 14.5 Å². The molecule has 1 unspecified atom stereocenters. The highest BCUT2D eigenvalue weighted by atomic mass is 16.6. The van der Waals surface area contributed by atoms with Crippen molar-refractivity contribution >= 4 is 12.2 Å². The second-order valence-electron chi connectivity index (χ2n) is 4.29. The zero-order valence-corrected chi connectivity index (χ0v) is 8.86. The van der Waals surface area contributed by atoms with E-state index in [0.29, 0.717) is 0 Å². The number of amides is 2. The zero-order chi connectivity index (χ0) is 10.9. The first-order valence-corrected chi connectivity index (χ1v) is 4.51. The van der Waals surface area contributed by atoms with Crippen molar-refractivity contribution in [3.8, 4) is 0 Å². The molecule has 0 aromatic heterocycles. The number of rotatable bonds is 0. The molecule has 5 nitrogen and oxygen atoms in total. The number of hydrogen-bond acceptors (Lipinski definition) is 4. The van der Waals surface area contributed by atoms with Crippen LogP contribution in [0.25, 0.3) is 0 Å². The molecule has 1 heterocycles. The molecule has 1 fully saturated rings. The van der Waals surface area contributed by atoms with E-state index in [-0.39, 0.29) is 12.6 Å². The number of hydrogen-bond donors (Lipinski definition) is 0. The third-order valence-corrected chi connectivity index (χ3v) is 1.58. The van der Waals surface area contributed by atoms with Crippen LogP contribution in [0.15, 0.2) is 0 Å². The summed E-state index contributed by atoms with van der Waals surface area (Å²) >= 11 is 0. The molecule has 1 saturated heterocycles. The van der Waals surface area contributed by atoms with E-state index < -0.39 is 17.8 Å². The van der Waals surface area contributed by atoms with Gasteiger partial charge in [-0.1, -0.05) is 0 Å². The van der Waals surface area contributed by atoms with Gasteiger partial charge in [0.05, 0.1) is 6.54 Å². The largest absolute Gasteiger partial charge is 0.444 e. The van der Waals surface area contributed by atoms with Crippen molar-refractivity contribution < 1.29 is 19.1 Å². The monoisotopic (exact) mass is 201 g/mol. The Bertz CT molecular complexity index is 256. The smallest absolute Gasteiger partial charge is 0.419 e. The Morgan fingerprint density at radius 2 is 2.14 bits per heavy atom. The van der Waals surface area contributed by atoms with Gasteiger partial charge in [-0.05, 0) is 27.7 Å². The van der Waals surface area contributed by atoms with E-state index in [4.69, 9.17) is 9.47 Å². The van der Waals surface area contributed by atoms with Gasteiger partial charge in [0.25, 0.3) is 0 Å². The summed E-state index contributed by atoms with van der Waals surface area (Å²) in [7, 11) is 0. The van der Waals surface area contributed by atoms with Crippen LogP contribution in [0.2, 0.25) is 0 Å². The lowest BCUT2D eigenvalue weighted by atomic mass is 10.2. The number of carbonyl (C=O) groups is 2. The summed E-state index contributed by atoms with van der Waals surface area (Å²) in [4.78, 5) is 23.5. The first kappa shape index (κ1) is 10.8. The Morgan fingerprint density at radius 3 is 2.50 bits per heavy atom. The molecule has 0 N–H and O–H groups in total. The van der Waals surface area contributed by atoms with Crippen molar-refractivity contribution in [2.75, 3.05) is 6.54 Å². The lowest BCUT2D eigenvalue weighted by Crippen LogP contribution is -2.37. The quantitative estimate of drug-likeness (QED) is 0.599. The highest BCUT2D eigenvalue weighted by Gasteiger charge is 2.36. The Hall–Kier alpha value is -1.26. The number of nitrogens with zero attached hydrogens (tertiary/aromatic N) is 1. The van der Waals surface area contributed by atoms with E-state index in [1.165, 1.54) is 0 Å². The molecule has 14 heavy (non-hydrogen) atoms. The molecule has 5 heteroatoms. The second-order valence-corrected chi connectivity index (χ2v) is 4.29. The fourth-order valence-electron chi connectivity index (χ4n) is 1.07. The van der Waals surface area contributed by atoms with E-state index in [0.717, 1.165) is 4.90 Å². The normalized spacial score (nSPS) is 22.1. The van der Waals surface area contributed by atoms with Gasteiger partial charge < -0.3 is 9.47 Å². The Labute approximate surface area is 83.0 Å². The first-order chi connectivity index (χ1) is 6.29. The number of cyclic esters (lactones) is 1. The highest BCUT2D eigenvalue weighted by Crippen LogP contribution is 2.15. The van der Waals surface area contributed by atoms with Crippen molar-refractivity contribution in [1.82, 2.24) is 4.90 Å². The van der Waals surface area contributed by atoms with Crippen LogP contribution < -0.4 is 0 Å². The van der Waals surface area contributed by atoms with Crippen molar-refractivity contribution in [1.29, 1.82) is 0 Å². The molecule has 80 valence electrons. The molecule has 0 aromatic carbocycles. The molecule has 0 radical (unpaired) electrons. The minimum atomic E-state index is -0.646. The van der Waals surface area contributed by atoms with E-state index in [1.54, 1.807) is 27.7 Å². The van der Waals surface area contributed by atoms with E-state index >= 15 is 0 Å². The highest BCUT2D eigenvalue weighted by molar-refractivity contribution is 5.89. The average Bonchev–Trinajstić information content (AvgIpc) is 2.26. The molecule has 0 bridgehead atoms. The lowest BCUT2D eigenvalue weighted by molar-refractivity contribution is 0.0339. The van der Waals surface area contributed by atoms with Crippen LogP contribution in [0.3, 0.4) is 0 Å². The van der Waals surface area contributed by atoms with Gasteiger partial charge in [0.15, 0.2) is 0 Å². The van der Waals surface area contributed by atoms with Gasteiger partial charge in [-0.2, -0.15) is 0 Å². The van der Waals surface area contributed by atoms with Crippen LogP contribution in [0.5, 0.6) is 0 Å². The topological polar surface area (TPSA) is 55.8 Å². The van der Waals surface area contributed by atoms with Crippen LogP contribution in [-0.4, -0.2) is 35.3 Å². The van der Waals surface area contributed by atoms with Gasteiger partial charge in [0.1, 0.15) is 11.7 Å². The lowest BCUT2D eigenvalue weighted by Gasteiger charge is -2.21. The fraction of sp³-hybridized carbons (Fsp3) is 0.778. The van der Waals surface area contributed by atoms with Gasteiger partial charge in [-0.15, -0.1) is 0 Å². The molecule has 0 spiro atoms. The van der Waals surface area contributed by atoms with E-state index in [1.807, 2.05) is 0 Å². The summed E-state index contributed by atoms with van der Waals surface area (Å²) in [5, 5.41) is 0. The van der Waals surface area contributed by atoms with Gasteiger partial charge >= 0.3 is 12.2 Å². The van der Waals surface area contributed by atoms with E-state index in [9.17, 15) is 9.59 Å². The Balaban J connectivity index is 2.58. The second kappa shape index (κ2) is 3.48. The van der Waals surface area contributed by atoms with Gasteiger partial charge in [0.2, 0.25) is 0 Å².